The van der Waals surface area contributed by atoms with E-state index in [1.165, 1.54) is 24.3 Å². The highest BCUT2D eigenvalue weighted by Gasteiger charge is 2.08. The first kappa shape index (κ1) is 15.5. The number of hydrogen-bond acceptors (Lipinski definition) is 3. The van der Waals surface area contributed by atoms with Crippen LogP contribution in [0.2, 0.25) is 5.02 Å². The molecule has 0 bridgehead atoms. The van der Waals surface area contributed by atoms with Crippen molar-refractivity contribution in [2.75, 3.05) is 5.32 Å². The molecule has 0 atom stereocenters. The Morgan fingerprint density at radius 1 is 1.05 bits per heavy atom. The minimum absolute atomic E-state index is 0.00167. The third kappa shape index (κ3) is 4.56. The average Bonchev–Trinajstić information content (AvgIpc) is 2.41. The molecule has 0 aromatic heterocycles. The third-order valence-corrected chi connectivity index (χ3v) is 3.93. The number of nitrogens with two attached hydrogens (primary N) is 1. The van der Waals surface area contributed by atoms with E-state index in [1.807, 2.05) is 0 Å². The number of anilines is 1. The van der Waals surface area contributed by atoms with Crippen molar-refractivity contribution < 1.29 is 13.2 Å². The second-order valence-corrected chi connectivity index (χ2v) is 6.42. The third-order valence-electron chi connectivity index (χ3n) is 2.74. The largest absolute Gasteiger partial charge is 0.326 e. The molecule has 5 nitrogen and oxygen atoms in total. The van der Waals surface area contributed by atoms with Gasteiger partial charge in [-0.15, -0.1) is 0 Å². The standard InChI is InChI=1S/C14H13ClN2O3S/c15-11-3-1-10(2-4-11)9-14(18)17-12-5-7-13(8-6-12)21(16,19)20/h1-8H,9H2,(H,17,18)(H2,16,19,20). The van der Waals surface area contributed by atoms with Gasteiger partial charge in [0.2, 0.25) is 15.9 Å². The number of nitrogens with one attached hydrogen (secondary N) is 1. The Morgan fingerprint density at radius 2 is 1.62 bits per heavy atom. The van der Waals surface area contributed by atoms with E-state index in [9.17, 15) is 13.2 Å². The molecule has 0 fully saturated rings. The lowest BCUT2D eigenvalue weighted by Crippen LogP contribution is -2.15. The number of rotatable bonds is 4. The molecule has 1 amide bonds. The zero-order valence-electron chi connectivity index (χ0n) is 10.9. The SMILES string of the molecule is NS(=O)(=O)c1ccc(NC(=O)Cc2ccc(Cl)cc2)cc1. The highest BCUT2D eigenvalue weighted by molar-refractivity contribution is 7.89. The molecule has 2 rings (SSSR count). The van der Waals surface area contributed by atoms with Gasteiger partial charge in [0.15, 0.2) is 0 Å². The molecule has 110 valence electrons. The van der Waals surface area contributed by atoms with Gasteiger partial charge in [-0.1, -0.05) is 23.7 Å². The quantitative estimate of drug-likeness (QED) is 0.903. The molecule has 0 aliphatic carbocycles. The van der Waals surface area contributed by atoms with Crippen molar-refractivity contribution in [3.05, 3.63) is 59.1 Å². The molecular formula is C14H13ClN2O3S. The normalized spacial score (nSPS) is 11.1. The van der Waals surface area contributed by atoms with Crippen LogP contribution in [0.3, 0.4) is 0 Å². The molecule has 0 spiro atoms. The van der Waals surface area contributed by atoms with Crippen molar-refractivity contribution in [2.45, 2.75) is 11.3 Å². The Bertz CT molecular complexity index is 741. The molecule has 2 aromatic carbocycles. The molecular weight excluding hydrogens is 312 g/mol. The van der Waals surface area contributed by atoms with E-state index in [2.05, 4.69) is 5.32 Å². The van der Waals surface area contributed by atoms with Crippen LogP contribution in [0.4, 0.5) is 5.69 Å². The fourth-order valence-electron chi connectivity index (χ4n) is 1.72. The number of hydrogen-bond donors (Lipinski definition) is 2. The van der Waals surface area contributed by atoms with E-state index in [1.54, 1.807) is 24.3 Å². The lowest BCUT2D eigenvalue weighted by atomic mass is 10.1. The molecule has 0 radical (unpaired) electrons. The Labute approximate surface area is 127 Å². The Hall–Kier alpha value is -1.89. The number of amides is 1. The highest BCUT2D eigenvalue weighted by Crippen LogP contribution is 2.14. The van der Waals surface area contributed by atoms with Gasteiger partial charge in [0, 0.05) is 10.7 Å². The van der Waals surface area contributed by atoms with Crippen molar-refractivity contribution in [2.24, 2.45) is 5.14 Å². The lowest BCUT2D eigenvalue weighted by molar-refractivity contribution is -0.115. The zero-order valence-corrected chi connectivity index (χ0v) is 12.5. The Balaban J connectivity index is 2.01. The van der Waals surface area contributed by atoms with Gasteiger partial charge in [0.05, 0.1) is 11.3 Å². The smallest absolute Gasteiger partial charge is 0.238 e. The number of halogens is 1. The predicted octanol–water partition coefficient (Wildman–Crippen LogP) is 2.17. The number of sulfonamides is 1. The summed E-state index contributed by atoms with van der Waals surface area (Å²) in [5.74, 6) is -0.208. The second-order valence-electron chi connectivity index (χ2n) is 4.42. The Morgan fingerprint density at radius 3 is 2.14 bits per heavy atom. The lowest BCUT2D eigenvalue weighted by Gasteiger charge is -2.06. The van der Waals surface area contributed by atoms with Gasteiger partial charge < -0.3 is 5.32 Å². The van der Waals surface area contributed by atoms with Gasteiger partial charge in [0.1, 0.15) is 0 Å². The van der Waals surface area contributed by atoms with Gasteiger partial charge >= 0.3 is 0 Å². The summed E-state index contributed by atoms with van der Waals surface area (Å²) < 4.78 is 22.2. The van der Waals surface area contributed by atoms with Crippen molar-refractivity contribution in [1.82, 2.24) is 0 Å². The number of carbonyl (C=O) groups excluding carboxylic acids is 1. The van der Waals surface area contributed by atoms with Gasteiger partial charge in [-0.25, -0.2) is 13.6 Å². The summed E-state index contributed by atoms with van der Waals surface area (Å²) in [5, 5.41) is 8.28. The summed E-state index contributed by atoms with van der Waals surface area (Å²) in [5.41, 5.74) is 1.33. The minimum Gasteiger partial charge on any atom is -0.326 e. The van der Waals surface area contributed by atoms with E-state index in [0.717, 1.165) is 5.56 Å². The molecule has 2 aromatic rings. The predicted molar refractivity (Wildman–Crippen MR) is 81.6 cm³/mol. The van der Waals surface area contributed by atoms with E-state index in [0.29, 0.717) is 10.7 Å². The first-order chi connectivity index (χ1) is 9.84. The van der Waals surface area contributed by atoms with Gasteiger partial charge in [-0.2, -0.15) is 0 Å². The maximum absolute atomic E-state index is 11.9. The van der Waals surface area contributed by atoms with E-state index in [-0.39, 0.29) is 17.2 Å². The van der Waals surface area contributed by atoms with E-state index in [4.69, 9.17) is 16.7 Å². The summed E-state index contributed by atoms with van der Waals surface area (Å²) in [6, 6.07) is 12.6. The number of benzene rings is 2. The molecule has 0 saturated heterocycles. The van der Waals surface area contributed by atoms with Crippen LogP contribution in [0.25, 0.3) is 0 Å². The summed E-state index contributed by atoms with van der Waals surface area (Å²) in [7, 11) is -3.73. The molecule has 0 aliphatic heterocycles. The molecule has 0 unspecified atom stereocenters. The van der Waals surface area contributed by atoms with Crippen LogP contribution in [-0.2, 0) is 21.2 Å². The summed E-state index contributed by atoms with van der Waals surface area (Å²) in [6.07, 6.45) is 0.202. The van der Waals surface area contributed by atoms with E-state index >= 15 is 0 Å². The van der Waals surface area contributed by atoms with Crippen molar-refractivity contribution in [1.29, 1.82) is 0 Å². The molecule has 7 heteroatoms. The summed E-state index contributed by atoms with van der Waals surface area (Å²) in [6.45, 7) is 0. The van der Waals surface area contributed by atoms with Crippen LogP contribution in [0.15, 0.2) is 53.4 Å². The monoisotopic (exact) mass is 324 g/mol. The van der Waals surface area contributed by atoms with Crippen molar-refractivity contribution in [3.8, 4) is 0 Å². The molecule has 21 heavy (non-hydrogen) atoms. The van der Waals surface area contributed by atoms with Gasteiger partial charge in [-0.3, -0.25) is 4.79 Å². The van der Waals surface area contributed by atoms with Gasteiger partial charge in [-0.05, 0) is 42.0 Å². The van der Waals surface area contributed by atoms with Crippen LogP contribution in [0, 0.1) is 0 Å². The highest BCUT2D eigenvalue weighted by atomic mass is 35.5. The van der Waals surface area contributed by atoms with Crippen LogP contribution in [0.1, 0.15) is 5.56 Å². The topological polar surface area (TPSA) is 89.3 Å². The minimum atomic E-state index is -3.73. The Kier molecular flexibility index (Phi) is 4.62. The van der Waals surface area contributed by atoms with Crippen molar-refractivity contribution >= 4 is 33.2 Å². The number of primary sulfonamides is 1. The van der Waals surface area contributed by atoms with Crippen molar-refractivity contribution in [3.63, 3.8) is 0 Å². The molecule has 0 heterocycles. The first-order valence-corrected chi connectivity index (χ1v) is 7.94. The zero-order chi connectivity index (χ0) is 15.5. The molecule has 0 aliphatic rings. The maximum Gasteiger partial charge on any atom is 0.238 e. The summed E-state index contributed by atoms with van der Waals surface area (Å²) >= 11 is 5.77. The van der Waals surface area contributed by atoms with Crippen LogP contribution < -0.4 is 10.5 Å². The van der Waals surface area contributed by atoms with Gasteiger partial charge in [0.25, 0.3) is 0 Å². The fraction of sp³-hybridized carbons (Fsp3) is 0.0714. The fourth-order valence-corrected chi connectivity index (χ4v) is 2.36. The van der Waals surface area contributed by atoms with Crippen LogP contribution >= 0.6 is 11.6 Å². The van der Waals surface area contributed by atoms with E-state index < -0.39 is 10.0 Å². The molecule has 3 N–H and O–H groups in total. The maximum atomic E-state index is 11.9. The number of carbonyl (C=O) groups is 1. The molecule has 0 saturated carbocycles. The second kappa shape index (κ2) is 6.26. The van der Waals surface area contributed by atoms with Crippen LogP contribution in [0.5, 0.6) is 0 Å². The van der Waals surface area contributed by atoms with Crippen LogP contribution in [-0.4, -0.2) is 14.3 Å². The summed E-state index contributed by atoms with van der Waals surface area (Å²) in [4.78, 5) is 11.9. The average molecular weight is 325 g/mol. The first-order valence-electron chi connectivity index (χ1n) is 6.02.